The molecular weight excluding hydrogens is 315 g/mol. The van der Waals surface area contributed by atoms with E-state index in [1.54, 1.807) is 0 Å². The molecule has 0 aromatic heterocycles. The van der Waals surface area contributed by atoms with Crippen LogP contribution in [0.3, 0.4) is 0 Å². The highest BCUT2D eigenvalue weighted by atomic mass is 31.2. The van der Waals surface area contributed by atoms with Gasteiger partial charge in [0.15, 0.2) is 0 Å². The fourth-order valence-corrected chi connectivity index (χ4v) is 6.02. The second kappa shape index (κ2) is 7.25. The number of hydrogen-bond donors (Lipinski definition) is 0. The first-order valence-electron chi connectivity index (χ1n) is 7.69. The Hall–Kier alpha value is -2.70. The number of carbonyl (C=O) groups excluding carboxylic acids is 1. The third kappa shape index (κ3) is 3.02. The topological polar surface area (TPSA) is 26.3 Å². The van der Waals surface area contributed by atoms with Crippen molar-refractivity contribution in [2.75, 3.05) is 0 Å². The fraction of sp³-hybridized carbons (Fsp3) is 0. The summed E-state index contributed by atoms with van der Waals surface area (Å²) in [5, 5.41) is 2.99. The van der Waals surface area contributed by atoms with E-state index in [-0.39, 0.29) is 0 Å². The zero-order valence-electron chi connectivity index (χ0n) is 13.2. The average Bonchev–Trinajstić information content (AvgIpc) is 2.68. The lowest BCUT2D eigenvalue weighted by molar-refractivity contribution is -0.128. The fourth-order valence-electron chi connectivity index (χ4n) is 2.69. The maximum Gasteiger partial charge on any atom is 0.374 e. The summed E-state index contributed by atoms with van der Waals surface area (Å²) in [5.41, 5.74) is 0. The zero-order valence-corrected chi connectivity index (χ0v) is 14.1. The Morgan fingerprint density at radius 1 is 0.708 bits per heavy atom. The SMILES string of the molecule is C=CC(=O)O[P+](c1ccccc1)(c1ccccc1)c1ccccc1. The van der Waals surface area contributed by atoms with Crippen LogP contribution < -0.4 is 15.9 Å². The molecule has 0 radical (unpaired) electrons. The molecule has 0 saturated heterocycles. The van der Waals surface area contributed by atoms with Crippen LogP contribution in [0.4, 0.5) is 0 Å². The Balaban J connectivity index is 2.32. The predicted molar refractivity (Wildman–Crippen MR) is 101 cm³/mol. The largest absolute Gasteiger partial charge is 0.374 e. The van der Waals surface area contributed by atoms with E-state index in [2.05, 4.69) is 6.58 Å². The first kappa shape index (κ1) is 16.2. The molecule has 3 aromatic rings. The molecule has 0 spiro atoms. The summed E-state index contributed by atoms with van der Waals surface area (Å²) in [6, 6.07) is 29.8. The van der Waals surface area contributed by atoms with Crippen molar-refractivity contribution in [1.82, 2.24) is 0 Å². The first-order valence-corrected chi connectivity index (χ1v) is 9.40. The summed E-state index contributed by atoms with van der Waals surface area (Å²) in [6.07, 6.45) is 1.23. The lowest BCUT2D eigenvalue weighted by Crippen LogP contribution is -2.34. The predicted octanol–water partition coefficient (Wildman–Crippen LogP) is 3.62. The van der Waals surface area contributed by atoms with Crippen LogP contribution in [0.2, 0.25) is 0 Å². The molecule has 0 saturated carbocycles. The monoisotopic (exact) mass is 333 g/mol. The minimum absolute atomic E-state index is 0.417. The molecule has 0 aliphatic rings. The lowest BCUT2D eigenvalue weighted by Gasteiger charge is -2.24. The number of carbonyl (C=O) groups is 1. The molecule has 118 valence electrons. The van der Waals surface area contributed by atoms with E-state index in [9.17, 15) is 4.79 Å². The highest BCUT2D eigenvalue weighted by molar-refractivity contribution is 7.92. The van der Waals surface area contributed by atoms with Gasteiger partial charge in [-0.2, -0.15) is 0 Å². The third-order valence-corrected chi connectivity index (χ3v) is 7.28. The summed E-state index contributed by atoms with van der Waals surface area (Å²) in [7, 11) is -2.55. The third-order valence-electron chi connectivity index (χ3n) is 3.75. The number of benzene rings is 3. The quantitative estimate of drug-likeness (QED) is 0.526. The standard InChI is InChI=1S/C21H18O2P/c1-2-21(22)23-24(18-12-6-3-7-13-18,19-14-8-4-9-15-19)20-16-10-5-11-17-20/h2-17H,1H2/q+1. The summed E-state index contributed by atoms with van der Waals surface area (Å²) >= 11 is 0. The lowest BCUT2D eigenvalue weighted by atomic mass is 10.4. The maximum absolute atomic E-state index is 12.2. The van der Waals surface area contributed by atoms with Gasteiger partial charge >= 0.3 is 5.97 Å². The smallest absolute Gasteiger partial charge is 0.292 e. The summed E-state index contributed by atoms with van der Waals surface area (Å²) in [4.78, 5) is 12.2. The van der Waals surface area contributed by atoms with Crippen molar-refractivity contribution in [1.29, 1.82) is 0 Å². The molecule has 3 heteroatoms. The van der Waals surface area contributed by atoms with Crippen LogP contribution >= 0.6 is 7.49 Å². The molecule has 0 fully saturated rings. The van der Waals surface area contributed by atoms with Crippen molar-refractivity contribution >= 4 is 29.4 Å². The number of hydrogen-bond acceptors (Lipinski definition) is 2. The number of rotatable bonds is 5. The maximum atomic E-state index is 12.2. The van der Waals surface area contributed by atoms with Gasteiger partial charge in [-0.15, -0.1) is 0 Å². The highest BCUT2D eigenvalue weighted by Crippen LogP contribution is 2.56. The van der Waals surface area contributed by atoms with E-state index < -0.39 is 13.5 Å². The van der Waals surface area contributed by atoms with Crippen LogP contribution in [0.15, 0.2) is 104 Å². The Morgan fingerprint density at radius 2 is 1.04 bits per heavy atom. The van der Waals surface area contributed by atoms with Crippen molar-refractivity contribution < 1.29 is 9.32 Å². The Morgan fingerprint density at radius 3 is 1.33 bits per heavy atom. The molecule has 3 rings (SSSR count). The van der Waals surface area contributed by atoms with Gasteiger partial charge in [0.05, 0.1) is 0 Å². The molecule has 0 amide bonds. The molecule has 2 nitrogen and oxygen atoms in total. The van der Waals surface area contributed by atoms with Crippen LogP contribution in [0.25, 0.3) is 0 Å². The van der Waals surface area contributed by atoms with Gasteiger partial charge in [-0.1, -0.05) is 61.2 Å². The van der Waals surface area contributed by atoms with Crippen LogP contribution in [0, 0.1) is 0 Å². The zero-order chi connectivity index (χ0) is 16.8. The molecule has 0 unspecified atom stereocenters. The van der Waals surface area contributed by atoms with E-state index in [4.69, 9.17) is 4.52 Å². The van der Waals surface area contributed by atoms with Crippen molar-refractivity contribution in [3.63, 3.8) is 0 Å². The van der Waals surface area contributed by atoms with Gasteiger partial charge in [0, 0.05) is 6.08 Å². The molecule has 24 heavy (non-hydrogen) atoms. The molecule has 3 aromatic carbocycles. The second-order valence-corrected chi connectivity index (χ2v) is 8.18. The summed E-state index contributed by atoms with van der Waals surface area (Å²) < 4.78 is 6.10. The molecular formula is C21H18O2P+. The van der Waals surface area contributed by atoms with Crippen LogP contribution in [-0.2, 0) is 9.32 Å². The van der Waals surface area contributed by atoms with Crippen molar-refractivity contribution in [3.05, 3.63) is 104 Å². The second-order valence-electron chi connectivity index (χ2n) is 5.23. The van der Waals surface area contributed by atoms with Gasteiger partial charge in [0.2, 0.25) is 0 Å². The Labute approximate surface area is 142 Å². The van der Waals surface area contributed by atoms with Crippen LogP contribution in [-0.4, -0.2) is 5.97 Å². The van der Waals surface area contributed by atoms with E-state index >= 15 is 0 Å². The van der Waals surface area contributed by atoms with Crippen LogP contribution in [0.5, 0.6) is 0 Å². The summed E-state index contributed by atoms with van der Waals surface area (Å²) in [5.74, 6) is -0.417. The van der Waals surface area contributed by atoms with E-state index in [0.29, 0.717) is 0 Å². The van der Waals surface area contributed by atoms with Crippen LogP contribution in [0.1, 0.15) is 0 Å². The highest BCUT2D eigenvalue weighted by Gasteiger charge is 2.50. The van der Waals surface area contributed by atoms with Crippen molar-refractivity contribution in [3.8, 4) is 0 Å². The molecule has 0 heterocycles. The van der Waals surface area contributed by atoms with Gasteiger partial charge in [0.25, 0.3) is 7.49 Å². The minimum Gasteiger partial charge on any atom is -0.292 e. The van der Waals surface area contributed by atoms with Gasteiger partial charge in [-0.25, -0.2) is 4.79 Å². The molecule has 0 N–H and O–H groups in total. The van der Waals surface area contributed by atoms with Gasteiger partial charge in [0.1, 0.15) is 15.9 Å². The molecule has 0 aliphatic heterocycles. The van der Waals surface area contributed by atoms with Gasteiger partial charge < -0.3 is 0 Å². The average molecular weight is 333 g/mol. The first-order chi connectivity index (χ1) is 11.8. The Bertz CT molecular complexity index is 718. The van der Waals surface area contributed by atoms with Crippen molar-refractivity contribution in [2.24, 2.45) is 0 Å². The van der Waals surface area contributed by atoms with E-state index in [0.717, 1.165) is 15.9 Å². The van der Waals surface area contributed by atoms with Gasteiger partial charge in [-0.3, -0.25) is 4.52 Å². The van der Waals surface area contributed by atoms with Gasteiger partial charge in [-0.05, 0) is 36.4 Å². The Kier molecular flexibility index (Phi) is 4.88. The van der Waals surface area contributed by atoms with Crippen molar-refractivity contribution in [2.45, 2.75) is 0 Å². The molecule has 0 atom stereocenters. The minimum atomic E-state index is -2.55. The van der Waals surface area contributed by atoms with E-state index in [1.807, 2.05) is 91.0 Å². The normalized spacial score (nSPS) is 10.8. The summed E-state index contributed by atoms with van der Waals surface area (Å²) in [6.45, 7) is 3.57. The molecule has 0 aliphatic carbocycles. The van der Waals surface area contributed by atoms with E-state index in [1.165, 1.54) is 6.08 Å². The molecule has 0 bridgehead atoms.